The third-order valence-corrected chi connectivity index (χ3v) is 6.82. The molecule has 0 unspecified atom stereocenters. The number of halogens is 4. The molecule has 2 N–H and O–H groups in total. The summed E-state index contributed by atoms with van der Waals surface area (Å²) < 4.78 is 44.3. The van der Waals surface area contributed by atoms with Crippen molar-refractivity contribution in [3.8, 4) is 22.2 Å². The summed E-state index contributed by atoms with van der Waals surface area (Å²) in [5.74, 6) is 0.544. The number of aromatic nitrogens is 4. The number of pyridine rings is 1. The third kappa shape index (κ3) is 6.23. The van der Waals surface area contributed by atoms with Crippen LogP contribution in [0, 0.1) is 0 Å². The van der Waals surface area contributed by atoms with Gasteiger partial charge in [0.2, 0.25) is 5.91 Å². The smallest absolute Gasteiger partial charge is 0.417 e. The standard InChI is InChI=1S/C24H17ClF3N7O3S/c25-20-17(8-14(9-29-20)24(26,27)28)34-21(37)33-15-10-30-22(31-11-15)38-16-5-3-13(4-6-16)18-12-32-23(39-18)35-7-1-2-19(35)36/h3-6,8-12H,1-2,7H2,(H2,33,34,37). The van der Waals surface area contributed by atoms with Crippen molar-refractivity contribution in [1.82, 2.24) is 19.9 Å². The van der Waals surface area contributed by atoms with Gasteiger partial charge in [-0.2, -0.15) is 13.2 Å². The summed E-state index contributed by atoms with van der Waals surface area (Å²) >= 11 is 7.22. The summed E-state index contributed by atoms with van der Waals surface area (Å²) in [5.41, 5.74) is -0.313. The van der Waals surface area contributed by atoms with Gasteiger partial charge in [0.05, 0.1) is 34.2 Å². The molecule has 4 heterocycles. The van der Waals surface area contributed by atoms with Crippen LogP contribution in [-0.4, -0.2) is 38.4 Å². The Morgan fingerprint density at radius 1 is 1.03 bits per heavy atom. The van der Waals surface area contributed by atoms with E-state index < -0.39 is 17.8 Å². The average molecular weight is 576 g/mol. The van der Waals surface area contributed by atoms with Gasteiger partial charge in [0.25, 0.3) is 0 Å². The van der Waals surface area contributed by atoms with Gasteiger partial charge in [-0.05, 0) is 42.3 Å². The number of carbonyl (C=O) groups excluding carboxylic acids is 2. The summed E-state index contributed by atoms with van der Waals surface area (Å²) in [6.07, 6.45) is 1.55. The first-order valence-electron chi connectivity index (χ1n) is 11.3. The lowest BCUT2D eigenvalue weighted by Gasteiger charge is -2.11. The van der Waals surface area contributed by atoms with Gasteiger partial charge < -0.3 is 15.4 Å². The summed E-state index contributed by atoms with van der Waals surface area (Å²) in [4.78, 5) is 42.6. The van der Waals surface area contributed by atoms with Crippen molar-refractivity contribution in [3.05, 3.63) is 65.8 Å². The molecule has 3 amide bonds. The first kappa shape index (κ1) is 26.3. The fourth-order valence-electron chi connectivity index (χ4n) is 3.58. The molecule has 1 saturated heterocycles. The maximum absolute atomic E-state index is 12.9. The molecule has 10 nitrogen and oxygen atoms in total. The molecule has 0 spiro atoms. The topological polar surface area (TPSA) is 122 Å². The molecule has 0 aliphatic carbocycles. The molecule has 1 aliphatic heterocycles. The Hall–Kier alpha value is -4.30. The van der Waals surface area contributed by atoms with Gasteiger partial charge in [0.1, 0.15) is 5.75 Å². The number of carbonyl (C=O) groups is 2. The van der Waals surface area contributed by atoms with Crippen LogP contribution >= 0.6 is 22.9 Å². The van der Waals surface area contributed by atoms with E-state index in [4.69, 9.17) is 16.3 Å². The minimum atomic E-state index is -4.64. The largest absolute Gasteiger partial charge is 0.424 e. The highest BCUT2D eigenvalue weighted by molar-refractivity contribution is 7.19. The number of hydrogen-bond acceptors (Lipinski definition) is 8. The lowest BCUT2D eigenvalue weighted by molar-refractivity contribution is -0.137. The van der Waals surface area contributed by atoms with Gasteiger partial charge in [-0.1, -0.05) is 22.9 Å². The lowest BCUT2D eigenvalue weighted by atomic mass is 10.2. The number of anilines is 3. The number of hydrogen-bond donors (Lipinski definition) is 2. The van der Waals surface area contributed by atoms with Crippen LogP contribution in [-0.2, 0) is 11.0 Å². The van der Waals surface area contributed by atoms with Crippen LogP contribution in [0.4, 0.5) is 34.5 Å². The molecule has 3 aromatic heterocycles. The quantitative estimate of drug-likeness (QED) is 0.261. The summed E-state index contributed by atoms with van der Waals surface area (Å²) in [6, 6.07) is 6.95. The Kier molecular flexibility index (Phi) is 7.30. The molecule has 0 radical (unpaired) electrons. The fraction of sp³-hybridized carbons (Fsp3) is 0.167. The Labute approximate surface area is 227 Å². The second-order valence-electron chi connectivity index (χ2n) is 8.18. The van der Waals surface area contributed by atoms with E-state index >= 15 is 0 Å². The number of thiazole rings is 1. The van der Waals surface area contributed by atoms with E-state index in [1.54, 1.807) is 23.2 Å². The van der Waals surface area contributed by atoms with Crippen molar-refractivity contribution in [1.29, 1.82) is 0 Å². The highest BCUT2D eigenvalue weighted by Crippen LogP contribution is 2.34. The molecule has 1 fully saturated rings. The number of nitrogens with one attached hydrogen (secondary N) is 2. The van der Waals surface area contributed by atoms with Crippen molar-refractivity contribution >= 4 is 51.4 Å². The maximum atomic E-state index is 12.9. The van der Waals surface area contributed by atoms with E-state index in [2.05, 4.69) is 30.6 Å². The van der Waals surface area contributed by atoms with Crippen molar-refractivity contribution < 1.29 is 27.5 Å². The Morgan fingerprint density at radius 3 is 2.44 bits per heavy atom. The molecular formula is C24H17ClF3N7O3S. The molecule has 5 rings (SSSR count). The summed E-state index contributed by atoms with van der Waals surface area (Å²) in [5, 5.41) is 4.97. The Morgan fingerprint density at radius 2 is 1.77 bits per heavy atom. The van der Waals surface area contributed by atoms with E-state index in [0.717, 1.165) is 16.9 Å². The normalized spacial score (nSPS) is 13.4. The molecule has 15 heteroatoms. The predicted molar refractivity (Wildman–Crippen MR) is 138 cm³/mol. The molecule has 1 aliphatic rings. The zero-order chi connectivity index (χ0) is 27.6. The van der Waals surface area contributed by atoms with Crippen LogP contribution in [0.3, 0.4) is 0 Å². The predicted octanol–water partition coefficient (Wildman–Crippen LogP) is 6.23. The zero-order valence-electron chi connectivity index (χ0n) is 19.7. The van der Waals surface area contributed by atoms with Crippen molar-refractivity contribution in [2.24, 2.45) is 0 Å². The zero-order valence-corrected chi connectivity index (χ0v) is 21.3. The van der Waals surface area contributed by atoms with Crippen LogP contribution < -0.4 is 20.3 Å². The number of ether oxygens (including phenoxy) is 1. The second-order valence-corrected chi connectivity index (χ2v) is 9.54. The molecule has 0 atom stereocenters. The monoisotopic (exact) mass is 575 g/mol. The van der Waals surface area contributed by atoms with Crippen LogP contribution in [0.2, 0.25) is 5.15 Å². The lowest BCUT2D eigenvalue weighted by Crippen LogP contribution is -2.23. The Bertz CT molecular complexity index is 1510. The van der Waals surface area contributed by atoms with Gasteiger partial charge in [-0.15, -0.1) is 0 Å². The van der Waals surface area contributed by atoms with E-state index in [0.29, 0.717) is 36.1 Å². The highest BCUT2D eigenvalue weighted by Gasteiger charge is 2.32. The van der Waals surface area contributed by atoms with E-state index in [-0.39, 0.29) is 28.4 Å². The summed E-state index contributed by atoms with van der Waals surface area (Å²) in [7, 11) is 0. The molecule has 1 aromatic carbocycles. The first-order chi connectivity index (χ1) is 18.7. The van der Waals surface area contributed by atoms with Crippen molar-refractivity contribution in [2.45, 2.75) is 19.0 Å². The fourth-order valence-corrected chi connectivity index (χ4v) is 4.69. The maximum Gasteiger partial charge on any atom is 0.417 e. The van der Waals surface area contributed by atoms with Gasteiger partial charge >= 0.3 is 18.2 Å². The van der Waals surface area contributed by atoms with Gasteiger partial charge in [-0.3, -0.25) is 9.69 Å². The minimum Gasteiger partial charge on any atom is -0.424 e. The van der Waals surface area contributed by atoms with Gasteiger partial charge in [0.15, 0.2) is 10.3 Å². The van der Waals surface area contributed by atoms with Crippen LogP contribution in [0.15, 0.2) is 55.1 Å². The van der Waals surface area contributed by atoms with Crippen molar-refractivity contribution in [2.75, 3.05) is 22.1 Å². The number of alkyl halides is 3. The van der Waals surface area contributed by atoms with Crippen LogP contribution in [0.1, 0.15) is 18.4 Å². The molecule has 39 heavy (non-hydrogen) atoms. The highest BCUT2D eigenvalue weighted by atomic mass is 35.5. The van der Waals surface area contributed by atoms with E-state index in [1.165, 1.54) is 23.7 Å². The average Bonchev–Trinajstić information content (AvgIpc) is 3.55. The first-order valence-corrected chi connectivity index (χ1v) is 12.5. The second kappa shape index (κ2) is 10.8. The molecular weight excluding hydrogens is 559 g/mol. The third-order valence-electron chi connectivity index (χ3n) is 5.45. The molecule has 200 valence electrons. The van der Waals surface area contributed by atoms with Gasteiger partial charge in [-0.25, -0.2) is 24.7 Å². The summed E-state index contributed by atoms with van der Waals surface area (Å²) in [6.45, 7) is 0.680. The molecule has 0 bridgehead atoms. The molecule has 0 saturated carbocycles. The number of benzene rings is 1. The Balaban J connectivity index is 1.17. The van der Waals surface area contributed by atoms with Crippen LogP contribution in [0.25, 0.3) is 10.4 Å². The number of nitrogens with zero attached hydrogens (tertiary/aromatic N) is 5. The minimum absolute atomic E-state index is 0.00598. The van der Waals surface area contributed by atoms with E-state index in [9.17, 15) is 22.8 Å². The van der Waals surface area contributed by atoms with Gasteiger partial charge in [0, 0.05) is 25.4 Å². The molecule has 4 aromatic rings. The number of amides is 3. The van der Waals surface area contributed by atoms with E-state index in [1.807, 2.05) is 12.1 Å². The number of urea groups is 1. The van der Waals surface area contributed by atoms with Crippen molar-refractivity contribution in [3.63, 3.8) is 0 Å². The SMILES string of the molecule is O=C(Nc1cnc(Oc2ccc(-c3cnc(N4CCCC4=O)s3)cc2)nc1)Nc1cc(C(F)(F)F)cnc1Cl. The number of rotatable bonds is 6. The van der Waals surface area contributed by atoms with Crippen LogP contribution in [0.5, 0.6) is 11.8 Å².